The smallest absolute Gasteiger partial charge is 0.239 e. The van der Waals surface area contributed by atoms with Crippen molar-refractivity contribution in [3.63, 3.8) is 0 Å². The highest BCUT2D eigenvalue weighted by molar-refractivity contribution is 8.00. The summed E-state index contributed by atoms with van der Waals surface area (Å²) in [7, 11) is 0. The normalized spacial score (nSPS) is 12.2. The van der Waals surface area contributed by atoms with Crippen molar-refractivity contribution >= 4 is 45.1 Å². The van der Waals surface area contributed by atoms with Gasteiger partial charge in [0.25, 0.3) is 0 Å². The molecule has 142 valence electrons. The summed E-state index contributed by atoms with van der Waals surface area (Å²) >= 11 is 2.71. The van der Waals surface area contributed by atoms with Crippen molar-refractivity contribution in [1.29, 1.82) is 0 Å². The van der Waals surface area contributed by atoms with E-state index in [1.54, 1.807) is 12.3 Å². The van der Waals surface area contributed by atoms with Gasteiger partial charge in [0.2, 0.25) is 11.7 Å². The molecule has 3 aromatic heterocycles. The van der Waals surface area contributed by atoms with Gasteiger partial charge in [0.05, 0.1) is 5.25 Å². The maximum Gasteiger partial charge on any atom is 0.239 e. The standard InChI is InChI=1S/C19H17N5O2S2/c1-3-9-24-16(15-11-13-6-4-5-7-14(13)26-15)22-23-19(24)28-12(2)17(25)21-18-20-8-10-27-18/h3-8,10-12H,1,9H2,2H3,(H,20,21,25)/t12-/m0/s1. The first kappa shape index (κ1) is 18.5. The predicted octanol–water partition coefficient (Wildman–Crippen LogP) is 4.45. The van der Waals surface area contributed by atoms with Gasteiger partial charge in [-0.3, -0.25) is 9.36 Å². The van der Waals surface area contributed by atoms with Crippen LogP contribution < -0.4 is 5.32 Å². The van der Waals surface area contributed by atoms with E-state index in [1.165, 1.54) is 23.1 Å². The predicted molar refractivity (Wildman–Crippen MR) is 111 cm³/mol. The molecule has 0 aliphatic rings. The van der Waals surface area contributed by atoms with Gasteiger partial charge in [0.15, 0.2) is 16.0 Å². The maximum absolute atomic E-state index is 12.4. The molecule has 0 saturated heterocycles. The van der Waals surface area contributed by atoms with Crippen LogP contribution in [0.4, 0.5) is 5.13 Å². The number of fused-ring (bicyclic) bond motifs is 1. The lowest BCUT2D eigenvalue weighted by molar-refractivity contribution is -0.115. The number of nitrogens with one attached hydrogen (secondary N) is 1. The van der Waals surface area contributed by atoms with Crippen LogP contribution >= 0.6 is 23.1 Å². The third-order valence-corrected chi connectivity index (χ3v) is 5.76. The lowest BCUT2D eigenvalue weighted by Gasteiger charge is -2.11. The molecule has 3 heterocycles. The van der Waals surface area contributed by atoms with Crippen LogP contribution in [-0.4, -0.2) is 30.9 Å². The molecule has 0 fully saturated rings. The number of benzene rings is 1. The topological polar surface area (TPSA) is 85.8 Å². The van der Waals surface area contributed by atoms with Gasteiger partial charge in [-0.05, 0) is 19.1 Å². The average Bonchev–Trinajstić information content (AvgIpc) is 3.42. The Hall–Kier alpha value is -2.91. The van der Waals surface area contributed by atoms with Crippen molar-refractivity contribution in [3.05, 3.63) is 54.6 Å². The number of thioether (sulfide) groups is 1. The second-order valence-corrected chi connectivity index (χ2v) is 8.14. The minimum Gasteiger partial charge on any atom is -0.453 e. The first-order valence-electron chi connectivity index (χ1n) is 8.56. The molecular formula is C19H17N5O2S2. The van der Waals surface area contributed by atoms with E-state index in [0.29, 0.717) is 28.4 Å². The van der Waals surface area contributed by atoms with Crippen LogP contribution in [0.3, 0.4) is 0 Å². The van der Waals surface area contributed by atoms with E-state index in [2.05, 4.69) is 27.1 Å². The lowest BCUT2D eigenvalue weighted by Crippen LogP contribution is -2.22. The van der Waals surface area contributed by atoms with Crippen molar-refractivity contribution in [2.75, 3.05) is 5.32 Å². The molecule has 0 bridgehead atoms. The summed E-state index contributed by atoms with van der Waals surface area (Å²) in [5.74, 6) is 1.09. The average molecular weight is 412 g/mol. The Kier molecular flexibility index (Phi) is 5.27. The van der Waals surface area contributed by atoms with Crippen LogP contribution in [0.1, 0.15) is 6.92 Å². The molecule has 0 saturated carbocycles. The Labute approximate surface area is 169 Å². The Balaban J connectivity index is 1.59. The van der Waals surface area contributed by atoms with E-state index in [4.69, 9.17) is 4.42 Å². The highest BCUT2D eigenvalue weighted by atomic mass is 32.2. The van der Waals surface area contributed by atoms with E-state index < -0.39 is 0 Å². The number of anilines is 1. The third-order valence-electron chi connectivity index (χ3n) is 3.99. The molecule has 7 nitrogen and oxygen atoms in total. The molecule has 0 aliphatic carbocycles. The van der Waals surface area contributed by atoms with E-state index in [9.17, 15) is 4.79 Å². The fourth-order valence-corrected chi connectivity index (χ4v) is 4.04. The van der Waals surface area contributed by atoms with Crippen LogP contribution in [0, 0.1) is 0 Å². The van der Waals surface area contributed by atoms with Gasteiger partial charge >= 0.3 is 0 Å². The van der Waals surface area contributed by atoms with Crippen molar-refractivity contribution in [2.24, 2.45) is 0 Å². The van der Waals surface area contributed by atoms with Gasteiger partial charge in [-0.2, -0.15) is 0 Å². The van der Waals surface area contributed by atoms with Crippen LogP contribution in [0.2, 0.25) is 0 Å². The number of para-hydroxylation sites is 1. The first-order chi connectivity index (χ1) is 13.7. The second-order valence-electron chi connectivity index (χ2n) is 5.94. The molecule has 0 aliphatic heterocycles. The van der Waals surface area contributed by atoms with E-state index in [1.807, 2.05) is 47.2 Å². The summed E-state index contributed by atoms with van der Waals surface area (Å²) in [4.78, 5) is 16.5. The number of furan rings is 1. The van der Waals surface area contributed by atoms with Crippen LogP contribution in [0.15, 0.2) is 64.1 Å². The van der Waals surface area contributed by atoms with Crippen LogP contribution in [-0.2, 0) is 11.3 Å². The molecule has 4 aromatic rings. The first-order valence-corrected chi connectivity index (χ1v) is 10.3. The molecule has 1 aromatic carbocycles. The number of aromatic nitrogens is 4. The number of nitrogens with zero attached hydrogens (tertiary/aromatic N) is 4. The number of rotatable bonds is 7. The van der Waals surface area contributed by atoms with E-state index in [-0.39, 0.29) is 11.2 Å². The quantitative estimate of drug-likeness (QED) is 0.357. The number of carbonyl (C=O) groups is 1. The molecule has 9 heteroatoms. The molecule has 0 unspecified atom stereocenters. The lowest BCUT2D eigenvalue weighted by atomic mass is 10.2. The summed E-state index contributed by atoms with van der Waals surface area (Å²) in [6.45, 7) is 6.14. The van der Waals surface area contributed by atoms with Crippen molar-refractivity contribution < 1.29 is 9.21 Å². The second kappa shape index (κ2) is 7.99. The minimum atomic E-state index is -0.375. The minimum absolute atomic E-state index is 0.140. The van der Waals surface area contributed by atoms with E-state index >= 15 is 0 Å². The maximum atomic E-state index is 12.4. The summed E-state index contributed by atoms with van der Waals surface area (Å²) in [5.41, 5.74) is 0.788. The highest BCUT2D eigenvalue weighted by Crippen LogP contribution is 2.31. The Morgan fingerprint density at radius 1 is 1.43 bits per heavy atom. The number of hydrogen-bond donors (Lipinski definition) is 1. The van der Waals surface area contributed by atoms with Crippen LogP contribution in [0.5, 0.6) is 0 Å². The number of amides is 1. The van der Waals surface area contributed by atoms with Gasteiger partial charge in [0, 0.05) is 23.5 Å². The van der Waals surface area contributed by atoms with Gasteiger partial charge in [0.1, 0.15) is 5.58 Å². The van der Waals surface area contributed by atoms with Gasteiger partial charge in [-0.25, -0.2) is 4.98 Å². The summed E-state index contributed by atoms with van der Waals surface area (Å²) in [5, 5.41) is 15.0. The number of carbonyl (C=O) groups excluding carboxylic acids is 1. The molecule has 1 amide bonds. The van der Waals surface area contributed by atoms with Gasteiger partial charge in [-0.15, -0.1) is 28.1 Å². The number of hydrogen-bond acceptors (Lipinski definition) is 7. The van der Waals surface area contributed by atoms with Crippen molar-refractivity contribution in [3.8, 4) is 11.6 Å². The Morgan fingerprint density at radius 2 is 2.29 bits per heavy atom. The monoisotopic (exact) mass is 411 g/mol. The van der Waals surface area contributed by atoms with Crippen molar-refractivity contribution in [2.45, 2.75) is 23.9 Å². The largest absolute Gasteiger partial charge is 0.453 e. The molecule has 1 N–H and O–H groups in total. The third kappa shape index (κ3) is 3.71. The molecule has 1 atom stereocenters. The SMILES string of the molecule is C=CCn1c(S[C@@H](C)C(=O)Nc2nccs2)nnc1-c1cc2ccccc2o1. The Morgan fingerprint density at radius 3 is 3.04 bits per heavy atom. The Bertz CT molecular complexity index is 1080. The fourth-order valence-electron chi connectivity index (χ4n) is 2.65. The zero-order valence-electron chi connectivity index (χ0n) is 15.0. The zero-order valence-corrected chi connectivity index (χ0v) is 16.7. The highest BCUT2D eigenvalue weighted by Gasteiger charge is 2.22. The number of thiazole rings is 1. The van der Waals surface area contributed by atoms with Crippen LogP contribution in [0.25, 0.3) is 22.6 Å². The molecular weight excluding hydrogens is 394 g/mol. The summed E-state index contributed by atoms with van der Waals surface area (Å²) in [6.07, 6.45) is 3.41. The number of allylic oxidation sites excluding steroid dienone is 1. The summed E-state index contributed by atoms with van der Waals surface area (Å²) < 4.78 is 7.82. The molecule has 0 radical (unpaired) electrons. The van der Waals surface area contributed by atoms with Gasteiger partial charge < -0.3 is 9.73 Å². The van der Waals surface area contributed by atoms with Crippen molar-refractivity contribution in [1.82, 2.24) is 19.7 Å². The molecule has 28 heavy (non-hydrogen) atoms. The fraction of sp³-hybridized carbons (Fsp3) is 0.158. The summed E-state index contributed by atoms with van der Waals surface area (Å²) in [6, 6.07) is 9.71. The molecule has 4 rings (SSSR count). The van der Waals surface area contributed by atoms with E-state index in [0.717, 1.165) is 11.0 Å². The van der Waals surface area contributed by atoms with Gasteiger partial charge in [-0.1, -0.05) is 36.0 Å². The molecule has 0 spiro atoms. The zero-order chi connectivity index (χ0) is 19.5.